The highest BCUT2D eigenvalue weighted by atomic mass is 19.4. The van der Waals surface area contributed by atoms with Crippen molar-refractivity contribution in [1.29, 1.82) is 0 Å². The standard InChI is InChI=1S/C17H12F6N2O/c18-16(19,20)15(26,17(21,22)23)14-11-7-8-2-1-3-12(24)10(8)6-9(11)4-5-13(14)25/h1-7,26H,24-25H2. The summed E-state index contributed by atoms with van der Waals surface area (Å²) in [6, 6.07) is 9.17. The molecule has 138 valence electrons. The van der Waals surface area contributed by atoms with Gasteiger partial charge in [-0.05, 0) is 40.4 Å². The molecule has 0 aliphatic heterocycles. The molecule has 0 saturated heterocycles. The zero-order chi connectivity index (χ0) is 19.5. The van der Waals surface area contributed by atoms with Gasteiger partial charge in [0, 0.05) is 22.3 Å². The van der Waals surface area contributed by atoms with Crippen LogP contribution in [0.25, 0.3) is 21.5 Å². The molecule has 0 aliphatic carbocycles. The summed E-state index contributed by atoms with van der Waals surface area (Å²) in [6.45, 7) is 0. The predicted octanol–water partition coefficient (Wildman–Crippen LogP) is 4.47. The van der Waals surface area contributed by atoms with E-state index in [4.69, 9.17) is 11.5 Å². The Bertz CT molecular complexity index is 996. The van der Waals surface area contributed by atoms with Crippen LogP contribution in [0.15, 0.2) is 42.5 Å². The van der Waals surface area contributed by atoms with E-state index in [-0.39, 0.29) is 5.39 Å². The lowest BCUT2D eigenvalue weighted by Gasteiger charge is -2.34. The van der Waals surface area contributed by atoms with Crippen molar-refractivity contribution in [3.8, 4) is 0 Å². The van der Waals surface area contributed by atoms with Gasteiger partial charge in [0.2, 0.25) is 0 Å². The Morgan fingerprint density at radius 1 is 0.692 bits per heavy atom. The van der Waals surface area contributed by atoms with Gasteiger partial charge in [-0.15, -0.1) is 0 Å². The molecule has 0 aliphatic rings. The fourth-order valence-electron chi connectivity index (χ4n) is 2.99. The second-order valence-electron chi connectivity index (χ2n) is 5.88. The lowest BCUT2D eigenvalue weighted by molar-refractivity contribution is -0.375. The zero-order valence-electron chi connectivity index (χ0n) is 12.9. The first kappa shape index (κ1) is 18.1. The lowest BCUT2D eigenvalue weighted by atomic mass is 9.85. The first-order valence-corrected chi connectivity index (χ1v) is 7.24. The Kier molecular flexibility index (Phi) is 3.77. The molecule has 9 heteroatoms. The minimum absolute atomic E-state index is 0.0338. The number of aliphatic hydroxyl groups is 1. The van der Waals surface area contributed by atoms with E-state index in [1.54, 1.807) is 6.07 Å². The Hall–Kier alpha value is -2.68. The molecule has 26 heavy (non-hydrogen) atoms. The van der Waals surface area contributed by atoms with Crippen LogP contribution in [-0.4, -0.2) is 17.5 Å². The molecule has 0 radical (unpaired) electrons. The van der Waals surface area contributed by atoms with E-state index in [0.717, 1.165) is 12.1 Å². The maximum Gasteiger partial charge on any atom is 0.430 e. The maximum atomic E-state index is 13.3. The zero-order valence-corrected chi connectivity index (χ0v) is 12.9. The van der Waals surface area contributed by atoms with Crippen LogP contribution in [-0.2, 0) is 5.60 Å². The summed E-state index contributed by atoms with van der Waals surface area (Å²) in [5, 5.41) is 10.2. The molecule has 0 aromatic heterocycles. The third-order valence-electron chi connectivity index (χ3n) is 4.27. The summed E-state index contributed by atoms with van der Waals surface area (Å²) in [5.74, 6) is 0. The normalized spacial score (nSPS) is 13.5. The highest BCUT2D eigenvalue weighted by molar-refractivity contribution is 6.05. The molecular weight excluding hydrogens is 362 g/mol. The molecule has 3 nitrogen and oxygen atoms in total. The smallest absolute Gasteiger partial charge is 0.398 e. The van der Waals surface area contributed by atoms with Gasteiger partial charge in [-0.25, -0.2) is 0 Å². The third kappa shape index (κ3) is 2.42. The third-order valence-corrected chi connectivity index (χ3v) is 4.27. The van der Waals surface area contributed by atoms with E-state index in [2.05, 4.69) is 0 Å². The average molecular weight is 374 g/mol. The number of benzene rings is 3. The van der Waals surface area contributed by atoms with Crippen molar-refractivity contribution >= 4 is 32.9 Å². The Morgan fingerprint density at radius 3 is 1.81 bits per heavy atom. The number of nitrogens with two attached hydrogens (primary N) is 2. The van der Waals surface area contributed by atoms with Gasteiger partial charge in [0.25, 0.3) is 5.60 Å². The van der Waals surface area contributed by atoms with Crippen LogP contribution in [0.2, 0.25) is 0 Å². The molecule has 3 aromatic rings. The average Bonchev–Trinajstić information content (AvgIpc) is 2.51. The van der Waals surface area contributed by atoms with Crippen molar-refractivity contribution in [3.63, 3.8) is 0 Å². The monoisotopic (exact) mass is 374 g/mol. The highest BCUT2D eigenvalue weighted by Crippen LogP contribution is 2.53. The van der Waals surface area contributed by atoms with Crippen LogP contribution in [0.5, 0.6) is 0 Å². The fourth-order valence-corrected chi connectivity index (χ4v) is 2.99. The van der Waals surface area contributed by atoms with Crippen LogP contribution in [0.4, 0.5) is 37.7 Å². The molecule has 0 atom stereocenters. The highest BCUT2D eigenvalue weighted by Gasteiger charge is 2.72. The number of nitrogen functional groups attached to an aromatic ring is 2. The fraction of sp³-hybridized carbons (Fsp3) is 0.176. The number of fused-ring (bicyclic) bond motifs is 2. The summed E-state index contributed by atoms with van der Waals surface area (Å²) >= 11 is 0. The number of rotatable bonds is 1. The molecule has 0 saturated carbocycles. The number of halogens is 6. The Balaban J connectivity index is 2.51. The number of hydrogen-bond acceptors (Lipinski definition) is 3. The van der Waals surface area contributed by atoms with Crippen molar-refractivity contribution in [2.75, 3.05) is 11.5 Å². The SMILES string of the molecule is Nc1ccc2cc3c(N)cccc3cc2c1C(O)(C(F)(F)F)C(F)(F)F. The van der Waals surface area contributed by atoms with Gasteiger partial charge in [0.05, 0.1) is 0 Å². The van der Waals surface area contributed by atoms with Crippen molar-refractivity contribution in [1.82, 2.24) is 0 Å². The van der Waals surface area contributed by atoms with Crippen LogP contribution in [0.3, 0.4) is 0 Å². The van der Waals surface area contributed by atoms with E-state index >= 15 is 0 Å². The topological polar surface area (TPSA) is 72.3 Å². The minimum atomic E-state index is -6.03. The van der Waals surface area contributed by atoms with E-state index < -0.39 is 34.6 Å². The first-order chi connectivity index (χ1) is 11.9. The molecule has 3 aromatic carbocycles. The second kappa shape index (κ2) is 5.41. The summed E-state index contributed by atoms with van der Waals surface area (Å²) in [6.07, 6.45) is -12.1. The van der Waals surface area contributed by atoms with Crippen LogP contribution >= 0.6 is 0 Å². The van der Waals surface area contributed by atoms with Gasteiger partial charge in [-0.1, -0.05) is 18.2 Å². The van der Waals surface area contributed by atoms with Crippen LogP contribution in [0, 0.1) is 0 Å². The van der Waals surface area contributed by atoms with Crippen molar-refractivity contribution in [3.05, 3.63) is 48.0 Å². The van der Waals surface area contributed by atoms with Gasteiger partial charge in [0.15, 0.2) is 0 Å². The van der Waals surface area contributed by atoms with Gasteiger partial charge in [-0.2, -0.15) is 26.3 Å². The van der Waals surface area contributed by atoms with Crippen LogP contribution < -0.4 is 11.5 Å². The molecule has 0 heterocycles. The lowest BCUT2D eigenvalue weighted by Crippen LogP contribution is -2.54. The number of alkyl halides is 6. The van der Waals surface area contributed by atoms with Gasteiger partial charge < -0.3 is 16.6 Å². The van der Waals surface area contributed by atoms with E-state index in [1.165, 1.54) is 24.3 Å². The first-order valence-electron chi connectivity index (χ1n) is 7.24. The van der Waals surface area contributed by atoms with Gasteiger partial charge >= 0.3 is 12.4 Å². The maximum absolute atomic E-state index is 13.3. The summed E-state index contributed by atoms with van der Waals surface area (Å²) in [7, 11) is 0. The van der Waals surface area contributed by atoms with Crippen molar-refractivity contribution in [2.45, 2.75) is 18.0 Å². The summed E-state index contributed by atoms with van der Waals surface area (Å²) in [5.41, 5.74) is 4.19. The quantitative estimate of drug-likeness (QED) is 0.334. The predicted molar refractivity (Wildman–Crippen MR) is 86.3 cm³/mol. The molecule has 0 unspecified atom stereocenters. The summed E-state index contributed by atoms with van der Waals surface area (Å²) < 4.78 is 80.0. The molecular formula is C17H12F6N2O. The Morgan fingerprint density at radius 2 is 1.23 bits per heavy atom. The number of hydrogen-bond donors (Lipinski definition) is 3. The molecule has 0 fully saturated rings. The van der Waals surface area contributed by atoms with Crippen molar-refractivity contribution < 1.29 is 31.4 Å². The summed E-state index contributed by atoms with van der Waals surface area (Å²) in [4.78, 5) is 0. The Labute approximate surface area is 142 Å². The molecule has 3 rings (SSSR count). The number of anilines is 2. The molecule has 0 bridgehead atoms. The second-order valence-corrected chi connectivity index (χ2v) is 5.88. The van der Waals surface area contributed by atoms with Crippen molar-refractivity contribution in [2.24, 2.45) is 0 Å². The molecule has 0 spiro atoms. The van der Waals surface area contributed by atoms with E-state index in [9.17, 15) is 31.4 Å². The molecule has 0 amide bonds. The van der Waals surface area contributed by atoms with Crippen LogP contribution in [0.1, 0.15) is 5.56 Å². The minimum Gasteiger partial charge on any atom is -0.398 e. The van der Waals surface area contributed by atoms with Gasteiger partial charge in [0.1, 0.15) is 0 Å². The van der Waals surface area contributed by atoms with E-state index in [1.807, 2.05) is 0 Å². The van der Waals surface area contributed by atoms with Gasteiger partial charge in [-0.3, -0.25) is 0 Å². The van der Waals surface area contributed by atoms with E-state index in [0.29, 0.717) is 16.5 Å². The largest absolute Gasteiger partial charge is 0.430 e. The molecule has 5 N–H and O–H groups in total.